The Morgan fingerprint density at radius 1 is 1.60 bits per heavy atom. The second-order valence-corrected chi connectivity index (χ2v) is 5.44. The van der Waals surface area contributed by atoms with Gasteiger partial charge in [-0.15, -0.1) is 0 Å². The number of nitrogens with zero attached hydrogens (tertiary/aromatic N) is 1. The average molecular weight is 327 g/mol. The molecule has 1 aliphatic rings. The minimum atomic E-state index is 0.377. The van der Waals surface area contributed by atoms with Crippen LogP contribution in [-0.2, 0) is 30.9 Å². The van der Waals surface area contributed by atoms with Gasteiger partial charge in [0.2, 0.25) is 0 Å². The molecule has 0 radical (unpaired) electrons. The van der Waals surface area contributed by atoms with E-state index in [2.05, 4.69) is 0 Å². The van der Waals surface area contributed by atoms with Crippen molar-refractivity contribution in [3.8, 4) is 0 Å². The van der Waals surface area contributed by atoms with Crippen LogP contribution in [-0.4, -0.2) is 23.9 Å². The van der Waals surface area contributed by atoms with Crippen LogP contribution in [0.1, 0.15) is 19.3 Å². The van der Waals surface area contributed by atoms with E-state index in [1.807, 2.05) is 4.90 Å². The van der Waals surface area contributed by atoms with Crippen molar-refractivity contribution in [1.82, 2.24) is 4.90 Å². The zero-order chi connectivity index (χ0) is 7.40. The predicted octanol–water partition coefficient (Wildman–Crippen LogP) is 0.964. The summed E-state index contributed by atoms with van der Waals surface area (Å²) in [5, 5.41) is 0. The molecule has 0 bridgehead atoms. The summed E-state index contributed by atoms with van der Waals surface area (Å²) < 4.78 is 1.38. The Kier molecular flexibility index (Phi) is 3.67. The first kappa shape index (κ1) is 8.50. The fourth-order valence-corrected chi connectivity index (χ4v) is 2.11. The summed E-state index contributed by atoms with van der Waals surface area (Å²) in [6, 6.07) is 0. The van der Waals surface area contributed by atoms with E-state index < -0.39 is 0 Å². The van der Waals surface area contributed by atoms with Crippen LogP contribution in [0.15, 0.2) is 0 Å². The fraction of sp³-hybridized carbons (Fsp3) is 0.857. The zero-order valence-corrected chi connectivity index (χ0v) is 11.8. The summed E-state index contributed by atoms with van der Waals surface area (Å²) in [5.74, 6) is 0.377. The molecular weight excluding hydrogens is 315 g/mol. The second-order valence-electron chi connectivity index (χ2n) is 2.69. The summed E-state index contributed by atoms with van der Waals surface area (Å²) in [6.07, 6.45) is 3.13. The van der Waals surface area contributed by atoms with Crippen LogP contribution in [0.2, 0.25) is 3.93 Å². The first-order valence-electron chi connectivity index (χ1n) is 3.91. The maximum atomic E-state index is 11.0. The maximum absolute atomic E-state index is 11.0. The van der Waals surface area contributed by atoms with Crippen molar-refractivity contribution >= 4 is 5.91 Å². The van der Waals surface area contributed by atoms with Gasteiger partial charge >= 0.3 is 78.0 Å². The Morgan fingerprint density at radius 2 is 2.40 bits per heavy atom. The molecular formula is C7H12HgNO. The topological polar surface area (TPSA) is 20.3 Å². The van der Waals surface area contributed by atoms with Crippen molar-refractivity contribution in [3.05, 3.63) is 0 Å². The van der Waals surface area contributed by atoms with E-state index in [-0.39, 0.29) is 0 Å². The van der Waals surface area contributed by atoms with Crippen molar-refractivity contribution in [1.29, 1.82) is 0 Å². The van der Waals surface area contributed by atoms with Crippen LogP contribution >= 0.6 is 0 Å². The second kappa shape index (κ2) is 4.32. The van der Waals surface area contributed by atoms with Gasteiger partial charge in [-0.25, -0.2) is 0 Å². The van der Waals surface area contributed by atoms with E-state index in [0.717, 1.165) is 52.1 Å². The fourth-order valence-electron chi connectivity index (χ4n) is 1.24. The molecule has 10 heavy (non-hydrogen) atoms. The van der Waals surface area contributed by atoms with Gasteiger partial charge in [0.1, 0.15) is 0 Å². The van der Waals surface area contributed by atoms with Gasteiger partial charge in [0.25, 0.3) is 0 Å². The molecule has 0 aliphatic carbocycles. The van der Waals surface area contributed by atoms with Gasteiger partial charge in [0, 0.05) is 0 Å². The van der Waals surface area contributed by atoms with E-state index in [0.29, 0.717) is 5.91 Å². The van der Waals surface area contributed by atoms with E-state index in [1.165, 1.54) is 10.4 Å². The summed E-state index contributed by atoms with van der Waals surface area (Å²) in [7, 11) is 0. The van der Waals surface area contributed by atoms with Gasteiger partial charge < -0.3 is 0 Å². The summed E-state index contributed by atoms with van der Waals surface area (Å²) in [6.45, 7) is 2.05. The molecule has 0 spiro atoms. The number of hydrogen-bond acceptors (Lipinski definition) is 1. The number of rotatable bonds is 3. The standard InChI is InChI=1S/C7H12NO.Hg/c1-2-5-8-6-3-4-7(8)9;/h1-6H2;. The Bertz CT molecular complexity index is 127. The Morgan fingerprint density at radius 3 is 2.90 bits per heavy atom. The van der Waals surface area contributed by atoms with Gasteiger partial charge in [-0.3, -0.25) is 0 Å². The molecule has 1 rings (SSSR count). The van der Waals surface area contributed by atoms with E-state index in [9.17, 15) is 4.79 Å². The van der Waals surface area contributed by atoms with Crippen LogP contribution in [0.5, 0.6) is 0 Å². The molecule has 1 fully saturated rings. The quantitative estimate of drug-likeness (QED) is 0.708. The Labute approximate surface area is 77.9 Å². The summed E-state index contributed by atoms with van der Waals surface area (Å²) >= 11 is 0.924. The van der Waals surface area contributed by atoms with Crippen molar-refractivity contribution in [2.45, 2.75) is 23.2 Å². The molecule has 2 nitrogen and oxygen atoms in total. The molecule has 0 aromatic rings. The summed E-state index contributed by atoms with van der Waals surface area (Å²) in [5.41, 5.74) is 0. The molecule has 0 aromatic carbocycles. The molecule has 1 saturated heterocycles. The third-order valence-electron chi connectivity index (χ3n) is 1.85. The number of likely N-dealkylation sites (tertiary alicyclic amines) is 1. The van der Waals surface area contributed by atoms with E-state index in [4.69, 9.17) is 0 Å². The summed E-state index contributed by atoms with van der Waals surface area (Å²) in [4.78, 5) is 13.0. The molecule has 53 valence electrons. The SMILES string of the molecule is O=C1CCCN1CC[CH2][Hg]. The molecule has 1 amide bonds. The third-order valence-corrected chi connectivity index (χ3v) is 3.79. The Hall–Kier alpha value is 0.405. The van der Waals surface area contributed by atoms with E-state index >= 15 is 0 Å². The van der Waals surface area contributed by atoms with Crippen molar-refractivity contribution < 1.29 is 30.9 Å². The number of carbonyl (C=O) groups is 1. The van der Waals surface area contributed by atoms with Crippen LogP contribution in [0.3, 0.4) is 0 Å². The Balaban J connectivity index is 2.20. The predicted molar refractivity (Wildman–Crippen MR) is 35.2 cm³/mol. The van der Waals surface area contributed by atoms with Crippen molar-refractivity contribution in [2.75, 3.05) is 13.1 Å². The van der Waals surface area contributed by atoms with E-state index in [1.54, 1.807) is 0 Å². The van der Waals surface area contributed by atoms with Gasteiger partial charge in [-0.1, -0.05) is 0 Å². The number of amides is 1. The van der Waals surface area contributed by atoms with Crippen LogP contribution in [0.25, 0.3) is 0 Å². The molecule has 0 N–H and O–H groups in total. The zero-order valence-electron chi connectivity index (χ0n) is 6.31. The molecule has 1 heterocycles. The third kappa shape index (κ3) is 2.22. The van der Waals surface area contributed by atoms with Gasteiger partial charge in [-0.05, 0) is 0 Å². The first-order chi connectivity index (χ1) is 4.84. The number of carbonyl (C=O) groups excluding carboxylic acids is 1. The molecule has 1 aliphatic heterocycles. The molecule has 0 atom stereocenters. The molecule has 0 aromatic heterocycles. The first-order valence-corrected chi connectivity index (χ1v) is 7.80. The van der Waals surface area contributed by atoms with Gasteiger partial charge in [0.15, 0.2) is 0 Å². The van der Waals surface area contributed by atoms with Gasteiger partial charge in [-0.2, -0.15) is 0 Å². The van der Waals surface area contributed by atoms with Crippen LogP contribution in [0.4, 0.5) is 0 Å². The van der Waals surface area contributed by atoms with Crippen molar-refractivity contribution in [3.63, 3.8) is 0 Å². The minimum absolute atomic E-state index is 0.377. The van der Waals surface area contributed by atoms with Crippen LogP contribution in [0, 0.1) is 0 Å². The van der Waals surface area contributed by atoms with Crippen molar-refractivity contribution in [2.24, 2.45) is 0 Å². The van der Waals surface area contributed by atoms with Gasteiger partial charge in [0.05, 0.1) is 0 Å². The molecule has 3 heteroatoms. The van der Waals surface area contributed by atoms with Crippen LogP contribution < -0.4 is 0 Å². The normalized spacial score (nSPS) is 18.6. The number of hydrogen-bond donors (Lipinski definition) is 0. The average Bonchev–Trinajstić information content (AvgIpc) is 2.31. The molecule has 0 unspecified atom stereocenters. The molecule has 0 saturated carbocycles. The monoisotopic (exact) mass is 328 g/mol.